The number of likely N-dealkylation sites (tertiary alicyclic amines) is 2. The molecule has 0 unspecified atom stereocenters. The third kappa shape index (κ3) is 13.2. The third-order valence-electron chi connectivity index (χ3n) is 13.1. The minimum atomic E-state index is -2.76. The van der Waals surface area contributed by atoms with Crippen LogP contribution in [0.2, 0.25) is 0 Å². The number of hydrogen-bond acceptors (Lipinski definition) is 14. The number of alkyl halides is 4. The van der Waals surface area contributed by atoms with Gasteiger partial charge in [-0.25, -0.2) is 22.4 Å². The number of nitrogens with two attached hydrogens (primary N) is 1. The van der Waals surface area contributed by atoms with Gasteiger partial charge in [-0.15, -0.1) is 0 Å². The van der Waals surface area contributed by atoms with Gasteiger partial charge in [0.05, 0.1) is 13.2 Å². The van der Waals surface area contributed by atoms with Crippen LogP contribution in [0.15, 0.2) is 106 Å². The molecule has 4 aliphatic rings. The number of carbonyl (C=O) groups is 6. The van der Waals surface area contributed by atoms with Crippen LogP contribution in [0.25, 0.3) is 11.4 Å². The molecule has 1 aromatic heterocycles. The second-order valence-electron chi connectivity index (χ2n) is 18.3. The van der Waals surface area contributed by atoms with Crippen molar-refractivity contribution in [1.82, 2.24) is 19.9 Å². The first-order valence-corrected chi connectivity index (χ1v) is 24.2. The highest BCUT2D eigenvalue weighted by molar-refractivity contribution is 6.06. The number of aromatic amines is 1. The molecule has 8 N–H and O–H groups in total. The normalized spacial score (nSPS) is 20.0. The Bertz CT molecular complexity index is 3030. The van der Waals surface area contributed by atoms with Crippen molar-refractivity contribution in [3.63, 3.8) is 0 Å². The fourth-order valence-electron chi connectivity index (χ4n) is 8.69. The Morgan fingerprint density at radius 1 is 0.610 bits per heavy atom. The van der Waals surface area contributed by atoms with E-state index in [1.807, 2.05) is 0 Å². The van der Waals surface area contributed by atoms with Crippen LogP contribution in [0, 0.1) is 5.41 Å². The summed E-state index contributed by atoms with van der Waals surface area (Å²) < 4.78 is 68.9. The van der Waals surface area contributed by atoms with E-state index in [2.05, 4.69) is 25.3 Å². The maximum absolute atomic E-state index is 13.4. The molecule has 0 radical (unpaired) electrons. The fourth-order valence-corrected chi connectivity index (χ4v) is 8.69. The van der Waals surface area contributed by atoms with E-state index >= 15 is 0 Å². The van der Waals surface area contributed by atoms with Crippen molar-refractivity contribution in [3.8, 4) is 11.4 Å². The van der Waals surface area contributed by atoms with Crippen LogP contribution >= 0.6 is 0 Å². The summed E-state index contributed by atoms with van der Waals surface area (Å²) in [7, 11) is 0. The zero-order chi connectivity index (χ0) is 55.2. The molecule has 4 aromatic carbocycles. The van der Waals surface area contributed by atoms with Gasteiger partial charge in [0.25, 0.3) is 47.3 Å². The molecular weight excluding hydrogens is 1020 g/mol. The Morgan fingerprint density at radius 2 is 0.987 bits per heavy atom. The lowest BCUT2D eigenvalue weighted by atomic mass is 10.0. The molecule has 4 fully saturated rings. The predicted octanol–water partition coefficient (Wildman–Crippen LogP) is 3.21. The summed E-state index contributed by atoms with van der Waals surface area (Å²) in [5, 5.41) is 37.1. The largest absolute Gasteiger partial charge is 0.439 e. The van der Waals surface area contributed by atoms with Gasteiger partial charge in [0.1, 0.15) is 5.84 Å². The van der Waals surface area contributed by atoms with Crippen LogP contribution in [-0.2, 0) is 28.7 Å². The minimum Gasteiger partial charge on any atom is -0.384 e. The molecule has 4 aliphatic heterocycles. The lowest BCUT2D eigenvalue weighted by Crippen LogP contribution is -2.55. The van der Waals surface area contributed by atoms with Gasteiger partial charge in [-0.3, -0.25) is 43.7 Å². The summed E-state index contributed by atoms with van der Waals surface area (Å²) >= 11 is 0. The number of nitrogens with zero attached hydrogens (tertiary/aromatic N) is 5. The topological polar surface area (TPSA) is 307 Å². The predicted molar refractivity (Wildman–Crippen MR) is 267 cm³/mol. The zero-order valence-corrected chi connectivity index (χ0v) is 40.8. The monoisotopic (exact) mass is 1070 g/mol. The highest BCUT2D eigenvalue weighted by Crippen LogP contribution is 2.31. The molecule has 0 aliphatic carbocycles. The number of hydrogen-bond donors (Lipinski definition) is 7. The number of rotatable bonds is 12. The summed E-state index contributed by atoms with van der Waals surface area (Å²) in [5.74, 6) is -9.87. The maximum Gasteiger partial charge on any atom is 0.439 e. The number of aliphatic hydroxyl groups excluding tert-OH is 2. The highest BCUT2D eigenvalue weighted by Gasteiger charge is 2.42. The second-order valence-corrected chi connectivity index (χ2v) is 18.3. The number of amidine groups is 1. The lowest BCUT2D eigenvalue weighted by Gasteiger charge is -2.34. The Labute approximate surface area is 435 Å². The Balaban J connectivity index is 0.000000204. The number of aromatic nitrogens is 2. The number of anilines is 4. The van der Waals surface area contributed by atoms with Gasteiger partial charge in [0.2, 0.25) is 0 Å². The summed E-state index contributed by atoms with van der Waals surface area (Å²) in [6.45, 7) is 0.308. The number of carbonyl (C=O) groups excluding carboxylic acids is 6. The molecule has 4 atom stereocenters. The quantitative estimate of drug-likeness (QED) is 0.0537. The number of halogens is 4. The van der Waals surface area contributed by atoms with Gasteiger partial charge in [0, 0.05) is 110 Å². The average molecular weight is 1070 g/mol. The first kappa shape index (κ1) is 54.9. The molecule has 406 valence electrons. The van der Waals surface area contributed by atoms with E-state index in [4.69, 9.17) is 20.6 Å². The van der Waals surface area contributed by atoms with E-state index in [9.17, 15) is 61.3 Å². The van der Waals surface area contributed by atoms with Crippen LogP contribution in [0.4, 0.5) is 40.3 Å². The third-order valence-corrected chi connectivity index (χ3v) is 13.1. The number of amides is 6. The molecule has 26 heteroatoms. The lowest BCUT2D eigenvalue weighted by molar-refractivity contribution is -0.150. The minimum absolute atomic E-state index is 0.0297. The molecule has 22 nitrogen and oxygen atoms in total. The summed E-state index contributed by atoms with van der Waals surface area (Å²) in [5.41, 5.74) is 8.52. The SMILES string of the molecule is N=C(N)c1ccc(NC(=O)[C@H](O)[C@H]2OCCN(c3ccc(C(=O)N4CCC(F)(F)CC4)cc3)C2=O)cc1.O=C(Nc1ccc(-c2noc(=O)[nH]2)cc1)[C@H](O)[C@H]1OCCN(c2ccc(C(=O)N3CCC(F)(F)CC3)cc2)C1=O. The Morgan fingerprint density at radius 3 is 1.35 bits per heavy atom. The van der Waals surface area contributed by atoms with Gasteiger partial charge in [-0.2, -0.15) is 0 Å². The zero-order valence-electron chi connectivity index (χ0n) is 40.8. The first-order valence-electron chi connectivity index (χ1n) is 24.2. The number of ether oxygens (including phenoxy) is 2. The van der Waals surface area contributed by atoms with Crippen molar-refractivity contribution in [1.29, 1.82) is 5.41 Å². The van der Waals surface area contributed by atoms with E-state index in [1.54, 1.807) is 36.4 Å². The standard InChI is InChI=1S/C26H25F2N5O7.C25H27F2N5O5/c27-26(28)9-11-32(12-10-26)23(36)16-3-7-18(8-4-16)33-13-14-39-20(24(33)37)19(34)22(35)29-17-5-1-15(2-6-17)21-30-25(38)40-31-21;26-25(27)9-11-31(12-10-25)23(35)16-3-7-18(8-4-16)32-13-14-37-20(24(32)36)19(33)22(34)30-17-5-1-15(2-6-17)21(28)29/h1-8,19-20,34H,9-14H2,(H,29,35)(H,30,31,38);1-8,19-20,33H,9-14H2,(H3,28,29)(H,30,34)/t2*19-,20-/m11/s1. The van der Waals surface area contributed by atoms with Crippen molar-refractivity contribution in [2.75, 3.05) is 72.9 Å². The van der Waals surface area contributed by atoms with E-state index < -0.39 is 65.6 Å². The van der Waals surface area contributed by atoms with Gasteiger partial charge in [0.15, 0.2) is 30.2 Å². The molecule has 0 saturated carbocycles. The summed E-state index contributed by atoms with van der Waals surface area (Å²) in [6, 6.07) is 24.5. The molecule has 5 aromatic rings. The summed E-state index contributed by atoms with van der Waals surface area (Å²) in [4.78, 5) is 95.8. The molecule has 0 bridgehead atoms. The number of nitrogen functional groups attached to an aromatic ring is 1. The van der Waals surface area contributed by atoms with Gasteiger partial charge < -0.3 is 55.7 Å². The van der Waals surface area contributed by atoms with Gasteiger partial charge >= 0.3 is 5.76 Å². The maximum atomic E-state index is 13.4. The average Bonchev–Trinajstić information content (AvgIpc) is 3.87. The van der Waals surface area contributed by atoms with Crippen molar-refractivity contribution in [2.24, 2.45) is 5.73 Å². The van der Waals surface area contributed by atoms with Crippen LogP contribution in [0.5, 0.6) is 0 Å². The van der Waals surface area contributed by atoms with Crippen LogP contribution in [-0.4, -0.2) is 160 Å². The Kier molecular flexibility index (Phi) is 16.6. The van der Waals surface area contributed by atoms with E-state index in [0.717, 1.165) is 0 Å². The van der Waals surface area contributed by atoms with Crippen molar-refractivity contribution in [2.45, 2.75) is 61.9 Å². The number of piperidine rings is 2. The molecule has 6 amide bonds. The summed E-state index contributed by atoms with van der Waals surface area (Å²) in [6.07, 6.45) is -8.04. The highest BCUT2D eigenvalue weighted by atomic mass is 19.3. The molecule has 4 saturated heterocycles. The molecule has 77 heavy (non-hydrogen) atoms. The molecule has 5 heterocycles. The van der Waals surface area contributed by atoms with E-state index in [-0.39, 0.29) is 102 Å². The molecular formula is C51H52F4N10O12. The number of morpholine rings is 2. The van der Waals surface area contributed by atoms with Crippen LogP contribution < -0.4 is 31.9 Å². The van der Waals surface area contributed by atoms with Crippen LogP contribution in [0.1, 0.15) is 52.0 Å². The first-order chi connectivity index (χ1) is 36.7. The van der Waals surface area contributed by atoms with Gasteiger partial charge in [-0.05, 0) is 97.1 Å². The molecule has 0 spiro atoms. The van der Waals surface area contributed by atoms with Gasteiger partial charge in [-0.1, -0.05) is 5.16 Å². The number of benzene rings is 4. The van der Waals surface area contributed by atoms with E-state index in [1.165, 1.54) is 80.3 Å². The Hall–Kier alpha value is -8.33. The smallest absolute Gasteiger partial charge is 0.384 e. The van der Waals surface area contributed by atoms with Crippen molar-refractivity contribution >= 4 is 64.0 Å². The second kappa shape index (κ2) is 23.3. The fraction of sp³-hybridized carbons (Fsp3) is 0.353. The number of H-pyrrole nitrogens is 1. The number of nitrogens with one attached hydrogen (secondary N) is 4. The van der Waals surface area contributed by atoms with E-state index in [0.29, 0.717) is 45.0 Å². The molecule has 9 rings (SSSR count). The van der Waals surface area contributed by atoms with Crippen molar-refractivity contribution in [3.05, 3.63) is 124 Å². The van der Waals surface area contributed by atoms with Crippen LogP contribution in [0.3, 0.4) is 0 Å². The number of aliphatic hydroxyl groups is 2. The van der Waals surface area contributed by atoms with Crippen molar-refractivity contribution < 1.29 is 70.5 Å².